The first kappa shape index (κ1) is 18.6. The van der Waals surface area contributed by atoms with Crippen molar-refractivity contribution in [2.75, 3.05) is 18.4 Å². The number of anilines is 1. The predicted molar refractivity (Wildman–Crippen MR) is 102 cm³/mol. The molecule has 0 saturated carbocycles. The third-order valence-corrected chi connectivity index (χ3v) is 4.70. The van der Waals surface area contributed by atoms with E-state index in [9.17, 15) is 19.7 Å². The van der Waals surface area contributed by atoms with Crippen molar-refractivity contribution in [3.8, 4) is 0 Å². The quantitative estimate of drug-likeness (QED) is 0.662. The third kappa shape index (κ3) is 4.49. The van der Waals surface area contributed by atoms with E-state index in [1.165, 1.54) is 18.2 Å². The molecular weight excluding hydrogens is 346 g/mol. The van der Waals surface area contributed by atoms with Crippen LogP contribution in [0.15, 0.2) is 48.5 Å². The van der Waals surface area contributed by atoms with Crippen molar-refractivity contribution in [2.45, 2.75) is 19.8 Å². The number of aryl methyl sites for hydroxylation is 1. The Hall–Kier alpha value is -3.22. The normalized spacial score (nSPS) is 16.6. The summed E-state index contributed by atoms with van der Waals surface area (Å²) in [6.07, 6.45) is 1.42. The van der Waals surface area contributed by atoms with Crippen LogP contribution in [0.25, 0.3) is 0 Å². The van der Waals surface area contributed by atoms with Crippen LogP contribution < -0.4 is 5.32 Å². The van der Waals surface area contributed by atoms with Gasteiger partial charge in [-0.2, -0.15) is 0 Å². The number of piperidine rings is 1. The number of non-ortho nitro benzene ring substituents is 1. The summed E-state index contributed by atoms with van der Waals surface area (Å²) >= 11 is 0. The van der Waals surface area contributed by atoms with Crippen LogP contribution in [0.2, 0.25) is 0 Å². The zero-order valence-corrected chi connectivity index (χ0v) is 15.1. The predicted octanol–water partition coefficient (Wildman–Crippen LogP) is 3.39. The number of carbonyl (C=O) groups excluding carboxylic acids is 2. The van der Waals surface area contributed by atoms with Gasteiger partial charge < -0.3 is 10.2 Å². The van der Waals surface area contributed by atoms with Gasteiger partial charge in [-0.25, -0.2) is 0 Å². The molecule has 7 heteroatoms. The van der Waals surface area contributed by atoms with Crippen LogP contribution >= 0.6 is 0 Å². The maximum absolute atomic E-state index is 12.7. The van der Waals surface area contributed by atoms with Crippen molar-refractivity contribution in [2.24, 2.45) is 5.92 Å². The Bertz CT molecular complexity index is 864. The SMILES string of the molecule is Cc1ccc(C(=O)N2CCCC(C(=O)Nc3cccc([N+](=O)[O-])c3)C2)cc1. The molecule has 0 radical (unpaired) electrons. The summed E-state index contributed by atoms with van der Waals surface area (Å²) in [6, 6.07) is 13.2. The number of nitrogens with one attached hydrogen (secondary N) is 1. The molecule has 2 aromatic carbocycles. The molecule has 7 nitrogen and oxygen atoms in total. The van der Waals surface area contributed by atoms with Gasteiger partial charge in [-0.3, -0.25) is 19.7 Å². The van der Waals surface area contributed by atoms with Gasteiger partial charge in [0.2, 0.25) is 5.91 Å². The minimum atomic E-state index is -0.502. The van der Waals surface area contributed by atoms with Gasteiger partial charge in [0.25, 0.3) is 11.6 Å². The Morgan fingerprint density at radius 1 is 1.19 bits per heavy atom. The fourth-order valence-electron chi connectivity index (χ4n) is 3.20. The molecule has 1 saturated heterocycles. The molecule has 1 atom stereocenters. The molecular formula is C20H21N3O4. The van der Waals surface area contributed by atoms with Crippen molar-refractivity contribution in [1.82, 2.24) is 4.90 Å². The monoisotopic (exact) mass is 367 g/mol. The van der Waals surface area contributed by atoms with Crippen molar-refractivity contribution in [3.05, 3.63) is 69.8 Å². The minimum Gasteiger partial charge on any atom is -0.338 e. The van der Waals surface area contributed by atoms with Crippen molar-refractivity contribution in [1.29, 1.82) is 0 Å². The largest absolute Gasteiger partial charge is 0.338 e. The lowest BCUT2D eigenvalue weighted by Gasteiger charge is -2.32. The lowest BCUT2D eigenvalue weighted by molar-refractivity contribution is -0.384. The standard InChI is InChI=1S/C20H21N3O4/c1-14-7-9-15(10-8-14)20(25)22-11-3-4-16(13-22)19(24)21-17-5-2-6-18(12-17)23(26)27/h2,5-10,12,16H,3-4,11,13H2,1H3,(H,21,24). The Labute approximate surface area is 157 Å². The first-order chi connectivity index (χ1) is 12.9. The number of hydrogen-bond donors (Lipinski definition) is 1. The Morgan fingerprint density at radius 3 is 2.63 bits per heavy atom. The molecule has 3 rings (SSSR count). The number of likely N-dealkylation sites (tertiary alicyclic amines) is 1. The second-order valence-corrected chi connectivity index (χ2v) is 6.75. The molecule has 1 fully saturated rings. The molecule has 0 aromatic heterocycles. The molecule has 0 spiro atoms. The van der Waals surface area contributed by atoms with E-state index in [-0.39, 0.29) is 23.4 Å². The summed E-state index contributed by atoms with van der Waals surface area (Å²) in [5, 5.41) is 13.6. The molecule has 0 aliphatic carbocycles. The highest BCUT2D eigenvalue weighted by molar-refractivity contribution is 5.96. The molecule has 1 aliphatic rings. The first-order valence-corrected chi connectivity index (χ1v) is 8.85. The summed E-state index contributed by atoms with van der Waals surface area (Å²) in [6.45, 7) is 2.92. The van der Waals surface area contributed by atoms with Crippen LogP contribution in [0.4, 0.5) is 11.4 Å². The fraction of sp³-hybridized carbons (Fsp3) is 0.300. The first-order valence-electron chi connectivity index (χ1n) is 8.85. The third-order valence-electron chi connectivity index (χ3n) is 4.70. The lowest BCUT2D eigenvalue weighted by atomic mass is 9.96. The summed E-state index contributed by atoms with van der Waals surface area (Å²) in [5.41, 5.74) is 2.00. The van der Waals surface area contributed by atoms with E-state index in [0.29, 0.717) is 30.8 Å². The van der Waals surface area contributed by atoms with Gasteiger partial charge >= 0.3 is 0 Å². The number of nitro groups is 1. The Kier molecular flexibility index (Phi) is 5.49. The van der Waals surface area contributed by atoms with Crippen LogP contribution in [0.3, 0.4) is 0 Å². The van der Waals surface area contributed by atoms with Gasteiger partial charge in [-0.1, -0.05) is 23.8 Å². The summed E-state index contributed by atoms with van der Waals surface area (Å²) < 4.78 is 0. The molecule has 2 amide bonds. The summed E-state index contributed by atoms with van der Waals surface area (Å²) in [4.78, 5) is 37.3. The number of amides is 2. The zero-order valence-electron chi connectivity index (χ0n) is 15.1. The topological polar surface area (TPSA) is 92.6 Å². The minimum absolute atomic E-state index is 0.0763. The smallest absolute Gasteiger partial charge is 0.271 e. The molecule has 1 unspecified atom stereocenters. The zero-order chi connectivity index (χ0) is 19.4. The molecule has 27 heavy (non-hydrogen) atoms. The second-order valence-electron chi connectivity index (χ2n) is 6.75. The number of carbonyl (C=O) groups is 2. The van der Waals surface area contributed by atoms with Gasteiger partial charge in [0, 0.05) is 36.5 Å². The van der Waals surface area contributed by atoms with Crippen molar-refractivity contribution >= 4 is 23.2 Å². The average Bonchev–Trinajstić information content (AvgIpc) is 2.68. The maximum atomic E-state index is 12.7. The van der Waals surface area contributed by atoms with Gasteiger partial charge in [0.05, 0.1) is 10.8 Å². The van der Waals surface area contributed by atoms with E-state index >= 15 is 0 Å². The Morgan fingerprint density at radius 2 is 1.93 bits per heavy atom. The van der Waals surface area contributed by atoms with E-state index in [0.717, 1.165) is 12.0 Å². The van der Waals surface area contributed by atoms with Crippen LogP contribution in [-0.2, 0) is 4.79 Å². The van der Waals surface area contributed by atoms with Gasteiger partial charge in [0.1, 0.15) is 0 Å². The molecule has 1 aliphatic heterocycles. The van der Waals surface area contributed by atoms with Crippen LogP contribution in [-0.4, -0.2) is 34.7 Å². The number of benzene rings is 2. The average molecular weight is 367 g/mol. The fourth-order valence-corrected chi connectivity index (χ4v) is 3.20. The number of nitro benzene ring substituents is 1. The molecule has 1 heterocycles. The second kappa shape index (κ2) is 7.99. The molecule has 0 bridgehead atoms. The molecule has 1 N–H and O–H groups in total. The van der Waals surface area contributed by atoms with Crippen LogP contribution in [0, 0.1) is 23.0 Å². The van der Waals surface area contributed by atoms with Crippen molar-refractivity contribution < 1.29 is 14.5 Å². The highest BCUT2D eigenvalue weighted by Gasteiger charge is 2.29. The number of hydrogen-bond acceptors (Lipinski definition) is 4. The molecule has 2 aromatic rings. The van der Waals surface area contributed by atoms with Crippen molar-refractivity contribution in [3.63, 3.8) is 0 Å². The lowest BCUT2D eigenvalue weighted by Crippen LogP contribution is -2.43. The van der Waals surface area contributed by atoms with Gasteiger partial charge in [-0.15, -0.1) is 0 Å². The highest BCUT2D eigenvalue weighted by atomic mass is 16.6. The van der Waals surface area contributed by atoms with E-state index < -0.39 is 4.92 Å². The Balaban J connectivity index is 1.66. The maximum Gasteiger partial charge on any atom is 0.271 e. The van der Waals surface area contributed by atoms with E-state index in [1.54, 1.807) is 23.1 Å². The highest BCUT2D eigenvalue weighted by Crippen LogP contribution is 2.22. The number of nitrogens with zero attached hydrogens (tertiary/aromatic N) is 2. The van der Waals surface area contributed by atoms with Gasteiger partial charge in [0.15, 0.2) is 0 Å². The van der Waals surface area contributed by atoms with E-state index in [1.807, 2.05) is 19.1 Å². The molecule has 140 valence electrons. The van der Waals surface area contributed by atoms with Gasteiger partial charge in [-0.05, 0) is 38.0 Å². The summed E-state index contributed by atoms with van der Waals surface area (Å²) in [5.74, 6) is -0.646. The van der Waals surface area contributed by atoms with Crippen LogP contribution in [0.1, 0.15) is 28.8 Å². The van der Waals surface area contributed by atoms with Crippen LogP contribution in [0.5, 0.6) is 0 Å². The van der Waals surface area contributed by atoms with E-state index in [4.69, 9.17) is 0 Å². The number of rotatable bonds is 4. The van der Waals surface area contributed by atoms with E-state index in [2.05, 4.69) is 5.32 Å². The summed E-state index contributed by atoms with van der Waals surface area (Å²) in [7, 11) is 0.